The molecule has 20 heavy (non-hydrogen) atoms. The number of nitrogens with two attached hydrogens (primary N) is 1. The number of nitrogen functional groups attached to an aromatic ring is 1. The van der Waals surface area contributed by atoms with Crippen LogP contribution in [0.3, 0.4) is 0 Å². The zero-order chi connectivity index (χ0) is 13.9. The molecule has 0 unspecified atom stereocenters. The summed E-state index contributed by atoms with van der Waals surface area (Å²) in [4.78, 5) is 2.29. The molecule has 1 aromatic carbocycles. The standard InChI is InChI=1S/C15H14N2OS2/c1-10-12(16)4-2-5-14(10)20-9-11-8-13(18-17-11)15-6-3-7-19-15/h2-8H,9,16H2,1H3. The Hall–Kier alpha value is -1.72. The predicted molar refractivity (Wildman–Crippen MR) is 85.0 cm³/mol. The van der Waals surface area contributed by atoms with Crippen LogP contribution < -0.4 is 5.73 Å². The molecule has 3 rings (SSSR count). The van der Waals surface area contributed by atoms with Crippen LogP contribution in [-0.4, -0.2) is 5.16 Å². The highest BCUT2D eigenvalue weighted by atomic mass is 32.2. The van der Waals surface area contributed by atoms with Gasteiger partial charge in [0.2, 0.25) is 0 Å². The second-order valence-electron chi connectivity index (χ2n) is 4.42. The minimum absolute atomic E-state index is 0.777. The van der Waals surface area contributed by atoms with Gasteiger partial charge in [0.1, 0.15) is 0 Å². The van der Waals surface area contributed by atoms with E-state index in [9.17, 15) is 0 Å². The lowest BCUT2D eigenvalue weighted by Crippen LogP contribution is -1.91. The van der Waals surface area contributed by atoms with E-state index < -0.39 is 0 Å². The molecule has 102 valence electrons. The summed E-state index contributed by atoms with van der Waals surface area (Å²) in [6.45, 7) is 2.04. The smallest absolute Gasteiger partial charge is 0.177 e. The van der Waals surface area contributed by atoms with Crippen molar-refractivity contribution in [3.63, 3.8) is 0 Å². The molecule has 0 aliphatic carbocycles. The molecule has 0 aliphatic rings. The van der Waals surface area contributed by atoms with Crippen molar-refractivity contribution in [2.45, 2.75) is 17.6 Å². The third kappa shape index (κ3) is 2.73. The molecule has 0 aliphatic heterocycles. The largest absolute Gasteiger partial charge is 0.398 e. The molecule has 2 N–H and O–H groups in total. The Bertz CT molecular complexity index is 704. The van der Waals surface area contributed by atoms with Crippen LogP contribution in [0.2, 0.25) is 0 Å². The number of nitrogens with zero attached hydrogens (tertiary/aromatic N) is 1. The zero-order valence-corrected chi connectivity index (χ0v) is 12.6. The number of thioether (sulfide) groups is 1. The summed E-state index contributed by atoms with van der Waals surface area (Å²) in [6.07, 6.45) is 0. The van der Waals surface area contributed by atoms with E-state index in [1.807, 2.05) is 42.6 Å². The van der Waals surface area contributed by atoms with Gasteiger partial charge in [-0.3, -0.25) is 0 Å². The van der Waals surface area contributed by atoms with Crippen LogP contribution in [0.4, 0.5) is 5.69 Å². The highest BCUT2D eigenvalue weighted by molar-refractivity contribution is 7.98. The molecule has 0 spiro atoms. The summed E-state index contributed by atoms with van der Waals surface area (Å²) in [6, 6.07) is 12.0. The first kappa shape index (κ1) is 13.3. The topological polar surface area (TPSA) is 52.0 Å². The number of hydrogen-bond acceptors (Lipinski definition) is 5. The van der Waals surface area contributed by atoms with Gasteiger partial charge >= 0.3 is 0 Å². The van der Waals surface area contributed by atoms with Crippen molar-refractivity contribution in [3.8, 4) is 10.6 Å². The quantitative estimate of drug-likeness (QED) is 0.566. The van der Waals surface area contributed by atoms with Crippen LogP contribution in [0, 0.1) is 6.92 Å². The lowest BCUT2D eigenvalue weighted by molar-refractivity contribution is 0.427. The van der Waals surface area contributed by atoms with Gasteiger partial charge in [-0.2, -0.15) is 0 Å². The molecule has 5 heteroatoms. The van der Waals surface area contributed by atoms with Crippen LogP contribution in [-0.2, 0) is 5.75 Å². The SMILES string of the molecule is Cc1c(N)cccc1SCc1cc(-c2cccs2)on1. The van der Waals surface area contributed by atoms with Gasteiger partial charge in [0.15, 0.2) is 5.76 Å². The van der Waals surface area contributed by atoms with Gasteiger partial charge in [-0.15, -0.1) is 23.1 Å². The molecule has 2 heterocycles. The first-order chi connectivity index (χ1) is 9.74. The van der Waals surface area contributed by atoms with Crippen molar-refractivity contribution in [2.24, 2.45) is 0 Å². The van der Waals surface area contributed by atoms with Gasteiger partial charge < -0.3 is 10.3 Å². The fourth-order valence-corrected chi connectivity index (χ4v) is 3.48. The lowest BCUT2D eigenvalue weighted by atomic mass is 10.2. The Kier molecular flexibility index (Phi) is 3.80. The number of hydrogen-bond donors (Lipinski definition) is 1. The number of rotatable bonds is 4. The van der Waals surface area contributed by atoms with E-state index in [1.54, 1.807) is 23.1 Å². The normalized spacial score (nSPS) is 10.8. The van der Waals surface area contributed by atoms with Gasteiger partial charge in [-0.1, -0.05) is 17.3 Å². The molecule has 0 bridgehead atoms. The molecule has 3 nitrogen and oxygen atoms in total. The maximum atomic E-state index is 5.91. The highest BCUT2D eigenvalue weighted by Crippen LogP contribution is 2.30. The van der Waals surface area contributed by atoms with Gasteiger partial charge in [-0.25, -0.2) is 0 Å². The van der Waals surface area contributed by atoms with Crippen molar-refractivity contribution in [2.75, 3.05) is 5.73 Å². The van der Waals surface area contributed by atoms with E-state index in [1.165, 1.54) is 4.90 Å². The molecule has 2 aromatic heterocycles. The number of thiophene rings is 1. The Labute approximate surface area is 125 Å². The third-order valence-electron chi connectivity index (χ3n) is 3.02. The average Bonchev–Trinajstić information content (AvgIpc) is 3.10. The summed E-state index contributed by atoms with van der Waals surface area (Å²) >= 11 is 3.38. The lowest BCUT2D eigenvalue weighted by Gasteiger charge is -2.06. The first-order valence-corrected chi connectivity index (χ1v) is 8.08. The highest BCUT2D eigenvalue weighted by Gasteiger charge is 2.09. The van der Waals surface area contributed by atoms with Crippen molar-refractivity contribution < 1.29 is 4.52 Å². The Balaban J connectivity index is 1.71. The number of benzene rings is 1. The molecular weight excluding hydrogens is 288 g/mol. The average molecular weight is 302 g/mol. The summed E-state index contributed by atoms with van der Waals surface area (Å²) < 4.78 is 5.37. The van der Waals surface area contributed by atoms with E-state index in [4.69, 9.17) is 10.3 Å². The van der Waals surface area contributed by atoms with Crippen molar-refractivity contribution >= 4 is 28.8 Å². The molecule has 0 amide bonds. The van der Waals surface area contributed by atoms with Gasteiger partial charge in [-0.05, 0) is 36.1 Å². The van der Waals surface area contributed by atoms with Gasteiger partial charge in [0.25, 0.3) is 0 Å². The molecule has 0 saturated heterocycles. The summed E-state index contributed by atoms with van der Waals surface area (Å²) in [5.74, 6) is 1.61. The van der Waals surface area contributed by atoms with Crippen molar-refractivity contribution in [1.82, 2.24) is 5.16 Å². The minimum Gasteiger partial charge on any atom is -0.398 e. The second-order valence-corrected chi connectivity index (χ2v) is 6.38. The van der Waals surface area contributed by atoms with Crippen LogP contribution in [0.15, 0.2) is 51.2 Å². The first-order valence-electron chi connectivity index (χ1n) is 6.21. The summed E-state index contributed by atoms with van der Waals surface area (Å²) in [5, 5.41) is 6.15. The minimum atomic E-state index is 0.777. The van der Waals surface area contributed by atoms with Gasteiger partial charge in [0, 0.05) is 22.4 Å². The summed E-state index contributed by atoms with van der Waals surface area (Å²) in [5.41, 5.74) is 8.81. The fraction of sp³-hybridized carbons (Fsp3) is 0.133. The Morgan fingerprint density at radius 3 is 3.00 bits per heavy atom. The number of anilines is 1. The van der Waals surface area contributed by atoms with E-state index in [0.29, 0.717) is 0 Å². The Morgan fingerprint density at radius 2 is 2.20 bits per heavy atom. The fourth-order valence-electron chi connectivity index (χ4n) is 1.85. The van der Waals surface area contributed by atoms with E-state index in [-0.39, 0.29) is 0 Å². The van der Waals surface area contributed by atoms with E-state index >= 15 is 0 Å². The van der Waals surface area contributed by atoms with E-state index in [2.05, 4.69) is 11.2 Å². The van der Waals surface area contributed by atoms with Crippen molar-refractivity contribution in [3.05, 3.63) is 53.0 Å². The zero-order valence-electron chi connectivity index (χ0n) is 11.0. The summed E-state index contributed by atoms with van der Waals surface area (Å²) in [7, 11) is 0. The van der Waals surface area contributed by atoms with Crippen LogP contribution in [0.5, 0.6) is 0 Å². The molecule has 0 radical (unpaired) electrons. The monoisotopic (exact) mass is 302 g/mol. The second kappa shape index (κ2) is 5.73. The third-order valence-corrected chi connectivity index (χ3v) is 5.10. The Morgan fingerprint density at radius 1 is 1.30 bits per heavy atom. The van der Waals surface area contributed by atoms with Crippen molar-refractivity contribution in [1.29, 1.82) is 0 Å². The van der Waals surface area contributed by atoms with E-state index in [0.717, 1.165) is 33.3 Å². The number of aromatic nitrogens is 1. The molecule has 0 atom stereocenters. The maximum absolute atomic E-state index is 5.91. The predicted octanol–water partition coefficient (Wildman–Crippen LogP) is 4.59. The molecule has 3 aromatic rings. The molecular formula is C15H14N2OS2. The molecule has 0 saturated carbocycles. The van der Waals surface area contributed by atoms with Crippen LogP contribution in [0.1, 0.15) is 11.3 Å². The maximum Gasteiger partial charge on any atom is 0.177 e. The van der Waals surface area contributed by atoms with Gasteiger partial charge in [0.05, 0.1) is 10.6 Å². The van der Waals surface area contributed by atoms with Crippen LogP contribution in [0.25, 0.3) is 10.6 Å². The molecule has 0 fully saturated rings. The van der Waals surface area contributed by atoms with Crippen LogP contribution >= 0.6 is 23.1 Å².